The summed E-state index contributed by atoms with van der Waals surface area (Å²) in [5.74, 6) is 0.826. The minimum Gasteiger partial charge on any atom is -0.489 e. The summed E-state index contributed by atoms with van der Waals surface area (Å²) in [5, 5.41) is 21.9. The van der Waals surface area contributed by atoms with Crippen molar-refractivity contribution in [1.29, 1.82) is 5.26 Å². The fourth-order valence-corrected chi connectivity index (χ4v) is 2.99. The van der Waals surface area contributed by atoms with E-state index in [0.29, 0.717) is 12.3 Å². The summed E-state index contributed by atoms with van der Waals surface area (Å²) in [5.41, 5.74) is 4.66. The van der Waals surface area contributed by atoms with Crippen LogP contribution in [0.3, 0.4) is 0 Å². The topological polar surface area (TPSA) is 70.8 Å². The third-order valence-corrected chi connectivity index (χ3v) is 4.37. The van der Waals surface area contributed by atoms with Crippen molar-refractivity contribution >= 4 is 22.3 Å². The highest BCUT2D eigenvalue weighted by molar-refractivity contribution is 5.95. The summed E-state index contributed by atoms with van der Waals surface area (Å²) in [7, 11) is 0. The van der Waals surface area contributed by atoms with Gasteiger partial charge in [-0.15, -0.1) is 10.2 Å². The van der Waals surface area contributed by atoms with E-state index in [1.165, 1.54) is 0 Å². The molecule has 4 aromatic rings. The zero-order valence-corrected chi connectivity index (χ0v) is 15.4. The molecular formula is C23H18N4O. The van der Waals surface area contributed by atoms with Crippen molar-refractivity contribution in [1.82, 2.24) is 10.2 Å². The van der Waals surface area contributed by atoms with Crippen LogP contribution >= 0.6 is 0 Å². The van der Waals surface area contributed by atoms with Gasteiger partial charge in [0.1, 0.15) is 18.4 Å². The van der Waals surface area contributed by atoms with Crippen LogP contribution in [0.25, 0.3) is 10.9 Å². The molecule has 0 saturated carbocycles. The zero-order chi connectivity index (χ0) is 19.3. The summed E-state index contributed by atoms with van der Waals surface area (Å²) >= 11 is 0. The van der Waals surface area contributed by atoms with E-state index in [2.05, 4.69) is 21.6 Å². The first kappa shape index (κ1) is 17.5. The molecule has 0 bridgehead atoms. The minimum atomic E-state index is 0.268. The predicted molar refractivity (Wildman–Crippen MR) is 109 cm³/mol. The maximum absolute atomic E-state index is 9.48. The molecule has 0 fully saturated rings. The van der Waals surface area contributed by atoms with Crippen LogP contribution in [0.4, 0.5) is 11.4 Å². The van der Waals surface area contributed by atoms with E-state index in [1.54, 1.807) is 0 Å². The van der Waals surface area contributed by atoms with E-state index in [-0.39, 0.29) is 5.69 Å². The molecule has 0 aliphatic rings. The van der Waals surface area contributed by atoms with Crippen molar-refractivity contribution in [2.45, 2.75) is 13.5 Å². The van der Waals surface area contributed by atoms with Crippen LogP contribution in [-0.2, 0) is 6.61 Å². The molecule has 3 aromatic carbocycles. The van der Waals surface area contributed by atoms with Crippen LogP contribution < -0.4 is 10.1 Å². The molecule has 0 radical (unpaired) electrons. The normalized spacial score (nSPS) is 10.4. The first-order chi connectivity index (χ1) is 13.7. The SMILES string of the molecule is Cc1ccc2nnc(C#N)c(Nc3cccc(COc4ccccc4)c3)c2c1. The Bertz CT molecular complexity index is 1170. The van der Waals surface area contributed by atoms with Crippen LogP contribution in [0.5, 0.6) is 5.75 Å². The number of nitrogens with one attached hydrogen (secondary N) is 1. The predicted octanol–water partition coefficient (Wildman–Crippen LogP) is 5.13. The number of nitriles is 1. The number of anilines is 2. The summed E-state index contributed by atoms with van der Waals surface area (Å²) < 4.78 is 5.83. The van der Waals surface area contributed by atoms with Gasteiger partial charge < -0.3 is 10.1 Å². The van der Waals surface area contributed by atoms with E-state index < -0.39 is 0 Å². The minimum absolute atomic E-state index is 0.268. The van der Waals surface area contributed by atoms with Gasteiger partial charge in [-0.05, 0) is 48.9 Å². The standard InChI is InChI=1S/C23H18N4O/c1-16-10-11-21-20(12-16)23(22(14-24)27-26-21)25-18-7-5-6-17(13-18)15-28-19-8-3-2-4-9-19/h2-13H,15H2,1H3,(H,25,26). The Kier molecular flexibility index (Phi) is 4.85. The third kappa shape index (κ3) is 3.76. The zero-order valence-electron chi connectivity index (χ0n) is 15.4. The molecule has 0 aliphatic heterocycles. The van der Waals surface area contributed by atoms with Gasteiger partial charge in [0.05, 0.1) is 11.2 Å². The van der Waals surface area contributed by atoms with E-state index in [1.807, 2.05) is 79.7 Å². The van der Waals surface area contributed by atoms with Crippen LogP contribution in [0, 0.1) is 18.3 Å². The van der Waals surface area contributed by atoms with Gasteiger partial charge in [0, 0.05) is 11.1 Å². The van der Waals surface area contributed by atoms with Gasteiger partial charge in [0.2, 0.25) is 0 Å². The number of hydrogen-bond acceptors (Lipinski definition) is 5. The van der Waals surface area contributed by atoms with Crippen molar-refractivity contribution in [3.05, 3.63) is 89.6 Å². The highest BCUT2D eigenvalue weighted by Crippen LogP contribution is 2.28. The van der Waals surface area contributed by atoms with E-state index >= 15 is 0 Å². The highest BCUT2D eigenvalue weighted by Gasteiger charge is 2.11. The lowest BCUT2D eigenvalue weighted by Crippen LogP contribution is -2.01. The quantitative estimate of drug-likeness (QED) is 0.530. The third-order valence-electron chi connectivity index (χ3n) is 4.37. The number of rotatable bonds is 5. The second-order valence-corrected chi connectivity index (χ2v) is 6.48. The average Bonchev–Trinajstić information content (AvgIpc) is 2.74. The number of ether oxygens (including phenoxy) is 1. The number of nitrogens with zero attached hydrogens (tertiary/aromatic N) is 3. The van der Waals surface area contributed by atoms with Crippen molar-refractivity contribution < 1.29 is 4.74 Å². The van der Waals surface area contributed by atoms with Gasteiger partial charge in [-0.25, -0.2) is 0 Å². The second-order valence-electron chi connectivity index (χ2n) is 6.48. The van der Waals surface area contributed by atoms with Crippen molar-refractivity contribution in [2.75, 3.05) is 5.32 Å². The molecular weight excluding hydrogens is 348 g/mol. The largest absolute Gasteiger partial charge is 0.489 e. The van der Waals surface area contributed by atoms with E-state index in [4.69, 9.17) is 4.74 Å². The average molecular weight is 366 g/mol. The number of aryl methyl sites for hydroxylation is 1. The fraction of sp³-hybridized carbons (Fsp3) is 0.0870. The van der Waals surface area contributed by atoms with Gasteiger partial charge in [-0.1, -0.05) is 42.0 Å². The Morgan fingerprint density at radius 3 is 2.64 bits per heavy atom. The number of fused-ring (bicyclic) bond motifs is 1. The summed E-state index contributed by atoms with van der Waals surface area (Å²) in [4.78, 5) is 0. The lowest BCUT2D eigenvalue weighted by atomic mass is 10.1. The van der Waals surface area contributed by atoms with E-state index in [9.17, 15) is 5.26 Å². The molecule has 0 unspecified atom stereocenters. The Morgan fingerprint density at radius 1 is 0.964 bits per heavy atom. The Balaban J connectivity index is 1.63. The maximum atomic E-state index is 9.48. The first-order valence-electron chi connectivity index (χ1n) is 8.94. The molecule has 0 spiro atoms. The number of benzene rings is 3. The summed E-state index contributed by atoms with van der Waals surface area (Å²) in [6.45, 7) is 2.47. The molecule has 5 nitrogen and oxygen atoms in total. The van der Waals surface area contributed by atoms with Gasteiger partial charge in [0.15, 0.2) is 5.69 Å². The molecule has 4 rings (SSSR count). The van der Waals surface area contributed by atoms with Crippen molar-refractivity contribution in [3.63, 3.8) is 0 Å². The van der Waals surface area contributed by atoms with Gasteiger partial charge in [-0.2, -0.15) is 5.26 Å². The highest BCUT2D eigenvalue weighted by atomic mass is 16.5. The lowest BCUT2D eigenvalue weighted by molar-refractivity contribution is 0.306. The van der Waals surface area contributed by atoms with Gasteiger partial charge >= 0.3 is 0 Å². The van der Waals surface area contributed by atoms with Crippen LogP contribution in [-0.4, -0.2) is 10.2 Å². The molecule has 136 valence electrons. The van der Waals surface area contributed by atoms with Crippen LogP contribution in [0.2, 0.25) is 0 Å². The van der Waals surface area contributed by atoms with Crippen LogP contribution in [0.15, 0.2) is 72.8 Å². The molecule has 1 heterocycles. The molecule has 5 heteroatoms. The first-order valence-corrected chi connectivity index (χ1v) is 8.94. The Hall–Kier alpha value is -3.91. The van der Waals surface area contributed by atoms with E-state index in [0.717, 1.165) is 33.5 Å². The molecule has 0 aliphatic carbocycles. The fourth-order valence-electron chi connectivity index (χ4n) is 2.99. The monoisotopic (exact) mass is 366 g/mol. The summed E-state index contributed by atoms with van der Waals surface area (Å²) in [6, 6.07) is 25.7. The molecule has 0 amide bonds. The lowest BCUT2D eigenvalue weighted by Gasteiger charge is -2.12. The van der Waals surface area contributed by atoms with Crippen molar-refractivity contribution in [2.24, 2.45) is 0 Å². The summed E-state index contributed by atoms with van der Waals surface area (Å²) in [6.07, 6.45) is 0. The number of para-hydroxylation sites is 1. The smallest absolute Gasteiger partial charge is 0.187 e. The van der Waals surface area contributed by atoms with Gasteiger partial charge in [0.25, 0.3) is 0 Å². The maximum Gasteiger partial charge on any atom is 0.187 e. The molecule has 1 N–H and O–H groups in total. The number of aromatic nitrogens is 2. The molecule has 28 heavy (non-hydrogen) atoms. The van der Waals surface area contributed by atoms with Gasteiger partial charge in [-0.3, -0.25) is 0 Å². The molecule has 0 saturated heterocycles. The molecule has 0 atom stereocenters. The Morgan fingerprint density at radius 2 is 1.82 bits per heavy atom. The Labute approximate surface area is 163 Å². The number of hydrogen-bond donors (Lipinski definition) is 1. The van der Waals surface area contributed by atoms with Crippen molar-refractivity contribution in [3.8, 4) is 11.8 Å². The van der Waals surface area contributed by atoms with Crippen LogP contribution in [0.1, 0.15) is 16.8 Å². The molecule has 1 aromatic heterocycles. The second kappa shape index (κ2) is 7.77.